The Bertz CT molecular complexity index is 337. The molecule has 0 radical (unpaired) electrons. The van der Waals surface area contributed by atoms with Gasteiger partial charge >= 0.3 is 5.97 Å². The third-order valence-corrected chi connectivity index (χ3v) is 2.77. The van der Waals surface area contributed by atoms with Crippen molar-refractivity contribution in [1.82, 2.24) is 0 Å². The lowest BCUT2D eigenvalue weighted by Gasteiger charge is -2.26. The van der Waals surface area contributed by atoms with Gasteiger partial charge in [0.15, 0.2) is 0 Å². The Morgan fingerprint density at radius 2 is 1.67 bits per heavy atom. The fraction of sp³-hybridized carbons (Fsp3) is 0.923. The van der Waals surface area contributed by atoms with Crippen molar-refractivity contribution in [2.75, 3.05) is 46.2 Å². The Kier molecular flexibility index (Phi) is 10.6. The lowest BCUT2D eigenvalue weighted by Crippen LogP contribution is -2.32. The highest BCUT2D eigenvalue weighted by molar-refractivity contribution is 5.71. The summed E-state index contributed by atoms with van der Waals surface area (Å²) >= 11 is 0. The minimum absolute atomic E-state index is 0.171. The summed E-state index contributed by atoms with van der Waals surface area (Å²) in [5.74, 6) is -1.39. The van der Waals surface area contributed by atoms with E-state index in [4.69, 9.17) is 24.8 Å². The molecule has 0 bridgehead atoms. The van der Waals surface area contributed by atoms with E-state index in [2.05, 4.69) is 10.0 Å². The summed E-state index contributed by atoms with van der Waals surface area (Å²) < 4.78 is 15.8. The molecule has 1 atom stereocenters. The highest BCUT2D eigenvalue weighted by Gasteiger charge is 2.31. The molecule has 0 saturated carbocycles. The first-order valence-electron chi connectivity index (χ1n) is 6.86. The summed E-state index contributed by atoms with van der Waals surface area (Å²) in [6.07, 6.45) is 0. The van der Waals surface area contributed by atoms with Crippen LogP contribution in [0.25, 0.3) is 10.4 Å². The summed E-state index contributed by atoms with van der Waals surface area (Å²) in [5.41, 5.74) is 7.70. The van der Waals surface area contributed by atoms with Gasteiger partial charge in [0.05, 0.1) is 45.6 Å². The van der Waals surface area contributed by atoms with E-state index in [9.17, 15) is 4.79 Å². The van der Waals surface area contributed by atoms with Gasteiger partial charge in [0.25, 0.3) is 0 Å². The average Bonchev–Trinajstić information content (AvgIpc) is 2.38. The highest BCUT2D eigenvalue weighted by atomic mass is 16.5. The van der Waals surface area contributed by atoms with Crippen LogP contribution in [0.4, 0.5) is 0 Å². The fourth-order valence-electron chi connectivity index (χ4n) is 1.48. The normalized spacial score (nSPS) is 12.7. The largest absolute Gasteiger partial charge is 0.481 e. The summed E-state index contributed by atoms with van der Waals surface area (Å²) in [5, 5.41) is 12.4. The van der Waals surface area contributed by atoms with E-state index in [0.717, 1.165) is 0 Å². The van der Waals surface area contributed by atoms with Crippen LogP contribution in [-0.4, -0.2) is 57.3 Å². The number of ether oxygens (including phenoxy) is 3. The van der Waals surface area contributed by atoms with Crippen molar-refractivity contribution in [3.05, 3.63) is 10.4 Å². The lowest BCUT2D eigenvalue weighted by atomic mass is 9.81. The van der Waals surface area contributed by atoms with Gasteiger partial charge in [0.2, 0.25) is 0 Å². The first-order chi connectivity index (χ1) is 9.89. The van der Waals surface area contributed by atoms with Gasteiger partial charge in [-0.1, -0.05) is 25.9 Å². The molecule has 0 amide bonds. The minimum Gasteiger partial charge on any atom is -0.481 e. The molecule has 0 spiro atoms. The van der Waals surface area contributed by atoms with Crippen LogP contribution in [0.2, 0.25) is 0 Å². The summed E-state index contributed by atoms with van der Waals surface area (Å²) in [7, 11) is 0. The molecule has 0 saturated heterocycles. The topological polar surface area (TPSA) is 114 Å². The van der Waals surface area contributed by atoms with Gasteiger partial charge in [-0.05, 0) is 10.9 Å². The Labute approximate surface area is 125 Å². The first-order valence-corrected chi connectivity index (χ1v) is 6.86. The molecule has 8 nitrogen and oxygen atoms in total. The van der Waals surface area contributed by atoms with Crippen molar-refractivity contribution < 1.29 is 24.1 Å². The van der Waals surface area contributed by atoms with E-state index in [1.165, 1.54) is 0 Å². The highest BCUT2D eigenvalue weighted by Crippen LogP contribution is 2.26. The second-order valence-electron chi connectivity index (χ2n) is 5.51. The summed E-state index contributed by atoms with van der Waals surface area (Å²) in [6.45, 7) is 8.04. The van der Waals surface area contributed by atoms with Gasteiger partial charge in [-0.3, -0.25) is 4.79 Å². The van der Waals surface area contributed by atoms with Crippen LogP contribution in [0.3, 0.4) is 0 Å². The molecule has 1 N–H and O–H groups in total. The van der Waals surface area contributed by atoms with Gasteiger partial charge in [-0.15, -0.1) is 0 Å². The molecule has 21 heavy (non-hydrogen) atoms. The number of carboxylic acids is 1. The minimum atomic E-state index is -0.850. The Morgan fingerprint density at radius 1 is 1.14 bits per heavy atom. The van der Waals surface area contributed by atoms with E-state index < -0.39 is 11.9 Å². The Morgan fingerprint density at radius 3 is 2.14 bits per heavy atom. The van der Waals surface area contributed by atoms with Crippen LogP contribution in [-0.2, 0) is 19.0 Å². The van der Waals surface area contributed by atoms with Crippen LogP contribution in [0.1, 0.15) is 20.8 Å². The molecule has 8 heteroatoms. The molecule has 0 aromatic rings. The Hall–Kier alpha value is -1.34. The summed E-state index contributed by atoms with van der Waals surface area (Å²) in [4.78, 5) is 13.7. The molecule has 0 aliphatic heterocycles. The maximum Gasteiger partial charge on any atom is 0.309 e. The molecule has 1 unspecified atom stereocenters. The van der Waals surface area contributed by atoms with Gasteiger partial charge in [-0.2, -0.15) is 0 Å². The zero-order chi connectivity index (χ0) is 16.1. The third-order valence-electron chi connectivity index (χ3n) is 2.77. The number of azide groups is 1. The zero-order valence-corrected chi connectivity index (χ0v) is 12.9. The molecule has 0 aliphatic carbocycles. The van der Waals surface area contributed by atoms with E-state index in [1.807, 2.05) is 20.8 Å². The molecular weight excluding hydrogens is 278 g/mol. The maximum absolute atomic E-state index is 11.1. The number of hydrogen-bond donors (Lipinski definition) is 1. The number of nitrogens with zero attached hydrogens (tertiary/aromatic N) is 3. The third kappa shape index (κ3) is 11.0. The number of carboxylic acid groups (broad SMARTS) is 1. The predicted octanol–water partition coefficient (Wildman–Crippen LogP) is 2.09. The van der Waals surface area contributed by atoms with Crippen molar-refractivity contribution >= 4 is 5.97 Å². The van der Waals surface area contributed by atoms with Crippen molar-refractivity contribution in [3.8, 4) is 0 Å². The number of carbonyl (C=O) groups is 1. The number of rotatable bonds is 12. The van der Waals surface area contributed by atoms with Crippen molar-refractivity contribution in [2.45, 2.75) is 20.8 Å². The van der Waals surface area contributed by atoms with Crippen molar-refractivity contribution in [3.63, 3.8) is 0 Å². The smallest absolute Gasteiger partial charge is 0.309 e. The van der Waals surface area contributed by atoms with E-state index >= 15 is 0 Å². The van der Waals surface area contributed by atoms with E-state index in [0.29, 0.717) is 39.6 Å². The van der Waals surface area contributed by atoms with Crippen LogP contribution in [0.15, 0.2) is 5.11 Å². The fourth-order valence-corrected chi connectivity index (χ4v) is 1.48. The van der Waals surface area contributed by atoms with Crippen LogP contribution >= 0.6 is 0 Å². The lowest BCUT2D eigenvalue weighted by molar-refractivity contribution is -0.148. The molecule has 0 rings (SSSR count). The second kappa shape index (κ2) is 11.3. The monoisotopic (exact) mass is 303 g/mol. The predicted molar refractivity (Wildman–Crippen MR) is 77.1 cm³/mol. The van der Waals surface area contributed by atoms with Crippen molar-refractivity contribution in [2.24, 2.45) is 16.4 Å². The van der Waals surface area contributed by atoms with Crippen molar-refractivity contribution in [1.29, 1.82) is 0 Å². The zero-order valence-electron chi connectivity index (χ0n) is 12.9. The molecule has 0 aliphatic rings. The summed E-state index contributed by atoms with van der Waals surface area (Å²) in [6, 6.07) is 0. The molecule has 122 valence electrons. The van der Waals surface area contributed by atoms with Crippen LogP contribution < -0.4 is 0 Å². The van der Waals surface area contributed by atoms with Gasteiger partial charge in [-0.25, -0.2) is 0 Å². The van der Waals surface area contributed by atoms with E-state index in [-0.39, 0.29) is 12.0 Å². The standard InChI is InChI=1S/C13H25N3O5/c1-13(2,3)11(12(17)18)10-21-9-8-20-7-6-19-5-4-15-16-14/h11H,4-10H2,1-3H3,(H,17,18). The Balaban J connectivity index is 3.51. The molecule has 0 fully saturated rings. The van der Waals surface area contributed by atoms with Gasteiger partial charge < -0.3 is 19.3 Å². The molecular formula is C13H25N3O5. The molecule has 0 heterocycles. The maximum atomic E-state index is 11.1. The molecule has 0 aromatic heterocycles. The SMILES string of the molecule is CC(C)(C)C(COCCOCCOCCN=[N+]=[N-])C(=O)O. The van der Waals surface area contributed by atoms with Gasteiger partial charge in [0, 0.05) is 11.5 Å². The van der Waals surface area contributed by atoms with Crippen LogP contribution in [0, 0.1) is 11.3 Å². The number of hydrogen-bond acceptors (Lipinski definition) is 5. The quantitative estimate of drug-likeness (QED) is 0.256. The number of aliphatic carboxylic acids is 1. The molecule has 0 aromatic carbocycles. The second-order valence-corrected chi connectivity index (χ2v) is 5.51. The average molecular weight is 303 g/mol. The first kappa shape index (κ1) is 19.7. The van der Waals surface area contributed by atoms with E-state index in [1.54, 1.807) is 0 Å². The van der Waals surface area contributed by atoms with Crippen LogP contribution in [0.5, 0.6) is 0 Å². The van der Waals surface area contributed by atoms with Gasteiger partial charge in [0.1, 0.15) is 0 Å².